The second kappa shape index (κ2) is 5.43. The molecule has 0 saturated heterocycles. The maximum Gasteiger partial charge on any atom is 0.194 e. The zero-order valence-corrected chi connectivity index (χ0v) is 12.6. The summed E-state index contributed by atoms with van der Waals surface area (Å²) in [5.41, 5.74) is 1.95. The highest BCUT2D eigenvalue weighted by molar-refractivity contribution is 9.10. The summed E-state index contributed by atoms with van der Waals surface area (Å²) in [6.07, 6.45) is 0. The Bertz CT molecular complexity index is 623. The predicted molar refractivity (Wildman–Crippen MR) is 78.8 cm³/mol. The number of carbonyl (C=O) groups is 1. The molecular formula is C14H9BrCl2O. The summed E-state index contributed by atoms with van der Waals surface area (Å²) in [5.74, 6) is -0.130. The third-order valence-electron chi connectivity index (χ3n) is 2.61. The lowest BCUT2D eigenvalue weighted by atomic mass is 10.0. The predicted octanol–water partition coefficient (Wildman–Crippen LogP) is 5.30. The van der Waals surface area contributed by atoms with Crippen LogP contribution >= 0.6 is 39.1 Å². The average Bonchev–Trinajstić information content (AvgIpc) is 2.32. The van der Waals surface area contributed by atoms with Crippen molar-refractivity contribution in [3.8, 4) is 0 Å². The van der Waals surface area contributed by atoms with Crippen LogP contribution in [0.4, 0.5) is 0 Å². The van der Waals surface area contributed by atoms with Crippen LogP contribution in [0.15, 0.2) is 40.9 Å². The minimum Gasteiger partial charge on any atom is -0.289 e. The molecule has 18 heavy (non-hydrogen) atoms. The number of hydrogen-bond donors (Lipinski definition) is 0. The number of ketones is 1. The van der Waals surface area contributed by atoms with Gasteiger partial charge in [0.25, 0.3) is 0 Å². The molecule has 0 aliphatic heterocycles. The highest BCUT2D eigenvalue weighted by Crippen LogP contribution is 2.25. The van der Waals surface area contributed by atoms with Gasteiger partial charge < -0.3 is 0 Å². The standard InChI is InChI=1S/C14H9BrCl2O/c1-8-2-3-9(6-12(8)16)14(18)11-5-4-10(15)7-13(11)17/h2-7H,1H3. The van der Waals surface area contributed by atoms with Crippen molar-refractivity contribution in [3.05, 3.63) is 67.6 Å². The van der Waals surface area contributed by atoms with Crippen LogP contribution in [0.25, 0.3) is 0 Å². The summed E-state index contributed by atoms with van der Waals surface area (Å²) in [6.45, 7) is 1.89. The highest BCUT2D eigenvalue weighted by atomic mass is 79.9. The van der Waals surface area contributed by atoms with E-state index in [1.54, 1.807) is 30.3 Å². The monoisotopic (exact) mass is 342 g/mol. The number of halogens is 3. The molecule has 0 spiro atoms. The molecule has 0 heterocycles. The van der Waals surface area contributed by atoms with Crippen LogP contribution < -0.4 is 0 Å². The zero-order valence-electron chi connectivity index (χ0n) is 9.51. The first-order valence-electron chi connectivity index (χ1n) is 5.25. The van der Waals surface area contributed by atoms with Gasteiger partial charge in [-0.1, -0.05) is 51.3 Å². The fourth-order valence-corrected chi connectivity index (χ4v) is 2.50. The van der Waals surface area contributed by atoms with Gasteiger partial charge in [0.1, 0.15) is 0 Å². The van der Waals surface area contributed by atoms with Crippen LogP contribution in [0.1, 0.15) is 21.5 Å². The Hall–Kier alpha value is -0.830. The van der Waals surface area contributed by atoms with E-state index in [9.17, 15) is 4.79 Å². The molecule has 4 heteroatoms. The summed E-state index contributed by atoms with van der Waals surface area (Å²) < 4.78 is 0.839. The van der Waals surface area contributed by atoms with Crippen molar-refractivity contribution in [2.75, 3.05) is 0 Å². The van der Waals surface area contributed by atoms with E-state index in [4.69, 9.17) is 23.2 Å². The molecule has 2 aromatic carbocycles. The van der Waals surface area contributed by atoms with Crippen molar-refractivity contribution in [2.24, 2.45) is 0 Å². The van der Waals surface area contributed by atoms with Crippen LogP contribution in [0.2, 0.25) is 10.0 Å². The van der Waals surface area contributed by atoms with Crippen LogP contribution in [0.3, 0.4) is 0 Å². The van der Waals surface area contributed by atoms with Crippen LogP contribution in [0, 0.1) is 6.92 Å². The van der Waals surface area contributed by atoms with Gasteiger partial charge in [-0.05, 0) is 36.8 Å². The number of hydrogen-bond acceptors (Lipinski definition) is 1. The summed E-state index contributed by atoms with van der Waals surface area (Å²) in [6, 6.07) is 10.4. The van der Waals surface area contributed by atoms with Gasteiger partial charge >= 0.3 is 0 Å². The number of benzene rings is 2. The van der Waals surface area contributed by atoms with E-state index in [1.807, 2.05) is 13.0 Å². The van der Waals surface area contributed by atoms with Crippen molar-refractivity contribution in [3.63, 3.8) is 0 Å². The van der Waals surface area contributed by atoms with Gasteiger partial charge in [-0.3, -0.25) is 4.79 Å². The molecule has 0 saturated carbocycles. The lowest BCUT2D eigenvalue weighted by Crippen LogP contribution is -2.02. The highest BCUT2D eigenvalue weighted by Gasteiger charge is 2.13. The molecule has 2 aromatic rings. The first-order valence-corrected chi connectivity index (χ1v) is 6.80. The van der Waals surface area contributed by atoms with E-state index < -0.39 is 0 Å². The van der Waals surface area contributed by atoms with E-state index in [1.165, 1.54) is 0 Å². The Morgan fingerprint density at radius 1 is 1.06 bits per heavy atom. The van der Waals surface area contributed by atoms with Crippen LogP contribution in [-0.4, -0.2) is 5.78 Å². The van der Waals surface area contributed by atoms with Gasteiger partial charge in [-0.15, -0.1) is 0 Å². The Morgan fingerprint density at radius 2 is 1.78 bits per heavy atom. The molecule has 0 radical (unpaired) electrons. The van der Waals surface area contributed by atoms with Gasteiger partial charge in [0, 0.05) is 20.6 Å². The van der Waals surface area contributed by atoms with Gasteiger partial charge in [0.2, 0.25) is 0 Å². The molecule has 2 rings (SSSR count). The summed E-state index contributed by atoms with van der Waals surface area (Å²) in [5, 5.41) is 1.00. The van der Waals surface area contributed by atoms with Crippen molar-refractivity contribution < 1.29 is 4.79 Å². The molecule has 0 aromatic heterocycles. The van der Waals surface area contributed by atoms with Gasteiger partial charge in [-0.2, -0.15) is 0 Å². The number of rotatable bonds is 2. The summed E-state index contributed by atoms with van der Waals surface area (Å²) in [4.78, 5) is 12.3. The second-order valence-electron chi connectivity index (χ2n) is 3.92. The Morgan fingerprint density at radius 3 is 2.39 bits per heavy atom. The molecule has 0 amide bonds. The van der Waals surface area contributed by atoms with Crippen molar-refractivity contribution in [2.45, 2.75) is 6.92 Å². The molecule has 92 valence electrons. The molecule has 0 aliphatic carbocycles. The van der Waals surface area contributed by atoms with Crippen LogP contribution in [0.5, 0.6) is 0 Å². The first-order chi connectivity index (χ1) is 8.49. The number of aryl methyl sites for hydroxylation is 1. The zero-order chi connectivity index (χ0) is 13.3. The molecule has 0 unspecified atom stereocenters. The maximum absolute atomic E-state index is 12.3. The molecule has 0 bridgehead atoms. The average molecular weight is 344 g/mol. The molecule has 0 N–H and O–H groups in total. The normalized spacial score (nSPS) is 10.4. The Labute approximate surface area is 124 Å². The molecule has 1 nitrogen and oxygen atoms in total. The Kier molecular flexibility index (Phi) is 4.10. The fraction of sp³-hybridized carbons (Fsp3) is 0.0714. The molecule has 0 fully saturated rings. The summed E-state index contributed by atoms with van der Waals surface area (Å²) >= 11 is 15.4. The second-order valence-corrected chi connectivity index (χ2v) is 5.65. The molecular weight excluding hydrogens is 335 g/mol. The minimum absolute atomic E-state index is 0.130. The third-order valence-corrected chi connectivity index (χ3v) is 3.82. The van der Waals surface area contributed by atoms with Gasteiger partial charge in [0.15, 0.2) is 5.78 Å². The molecule has 0 atom stereocenters. The quantitative estimate of drug-likeness (QED) is 0.676. The Balaban J connectivity index is 2.44. The SMILES string of the molecule is Cc1ccc(C(=O)c2ccc(Br)cc2Cl)cc1Cl. The van der Waals surface area contributed by atoms with E-state index >= 15 is 0 Å². The smallest absolute Gasteiger partial charge is 0.194 e. The van der Waals surface area contributed by atoms with Crippen molar-refractivity contribution in [1.29, 1.82) is 0 Å². The van der Waals surface area contributed by atoms with E-state index in [-0.39, 0.29) is 5.78 Å². The first kappa shape index (κ1) is 13.6. The summed E-state index contributed by atoms with van der Waals surface area (Å²) in [7, 11) is 0. The van der Waals surface area contributed by atoms with E-state index in [0.717, 1.165) is 10.0 Å². The molecule has 0 aliphatic rings. The van der Waals surface area contributed by atoms with E-state index in [2.05, 4.69) is 15.9 Å². The topological polar surface area (TPSA) is 17.1 Å². The minimum atomic E-state index is -0.130. The maximum atomic E-state index is 12.3. The third kappa shape index (κ3) is 2.77. The van der Waals surface area contributed by atoms with Gasteiger partial charge in [0.05, 0.1) is 5.02 Å². The van der Waals surface area contributed by atoms with Crippen LogP contribution in [-0.2, 0) is 0 Å². The lowest BCUT2D eigenvalue weighted by Gasteiger charge is -2.06. The largest absolute Gasteiger partial charge is 0.289 e. The van der Waals surface area contributed by atoms with E-state index in [0.29, 0.717) is 21.2 Å². The van der Waals surface area contributed by atoms with Crippen molar-refractivity contribution in [1.82, 2.24) is 0 Å². The van der Waals surface area contributed by atoms with Crippen molar-refractivity contribution >= 4 is 44.9 Å². The fourth-order valence-electron chi connectivity index (χ4n) is 1.56. The lowest BCUT2D eigenvalue weighted by molar-refractivity contribution is 0.103. The van der Waals surface area contributed by atoms with Gasteiger partial charge in [-0.25, -0.2) is 0 Å². The number of carbonyl (C=O) groups excluding carboxylic acids is 1.